The number of hydrogen-bond acceptors (Lipinski definition) is 6. The lowest BCUT2D eigenvalue weighted by Gasteiger charge is -2.30. The molecule has 1 aromatic rings. The first-order valence-electron chi connectivity index (χ1n) is 7.88. The minimum Gasteiger partial charge on any atom is -0.465 e. The number of piperidine rings is 1. The van der Waals surface area contributed by atoms with Gasteiger partial charge in [-0.25, -0.2) is 22.7 Å². The fraction of sp³-hybridized carbons (Fsp3) is 0.500. The van der Waals surface area contributed by atoms with E-state index in [1.807, 2.05) is 0 Å². The Morgan fingerprint density at radius 1 is 1.12 bits per heavy atom. The predicted molar refractivity (Wildman–Crippen MR) is 89.7 cm³/mol. The van der Waals surface area contributed by atoms with Crippen LogP contribution >= 0.6 is 0 Å². The first kappa shape index (κ1) is 19.2. The number of methoxy groups -OCH3 is 2. The minimum absolute atomic E-state index is 0.0900. The fourth-order valence-electron chi connectivity index (χ4n) is 2.65. The number of likely N-dealkylation sites (tertiary alicyclic amines) is 1. The summed E-state index contributed by atoms with van der Waals surface area (Å²) in [7, 11) is -1.05. The van der Waals surface area contributed by atoms with Crippen LogP contribution in [0.5, 0.6) is 0 Å². The molecule has 1 amide bonds. The number of carbonyl (C=O) groups excluding carboxylic acids is 2. The molecule has 1 aromatic carbocycles. The fourth-order valence-corrected chi connectivity index (χ4v) is 3.76. The van der Waals surface area contributed by atoms with Gasteiger partial charge in [-0.1, -0.05) is 0 Å². The minimum atomic E-state index is -3.65. The Hall–Kier alpha value is -2.13. The summed E-state index contributed by atoms with van der Waals surface area (Å²) in [6, 6.07) is 5.56. The Balaban J connectivity index is 1.90. The van der Waals surface area contributed by atoms with Crippen molar-refractivity contribution in [3.63, 3.8) is 0 Å². The van der Waals surface area contributed by atoms with Crippen LogP contribution in [0.15, 0.2) is 29.2 Å². The zero-order chi connectivity index (χ0) is 18.4. The number of sulfonamides is 1. The summed E-state index contributed by atoms with van der Waals surface area (Å²) in [4.78, 5) is 24.5. The van der Waals surface area contributed by atoms with E-state index >= 15 is 0 Å². The van der Waals surface area contributed by atoms with Crippen molar-refractivity contribution in [2.75, 3.05) is 33.9 Å². The van der Waals surface area contributed by atoms with Crippen LogP contribution in [0, 0.1) is 5.92 Å². The molecule has 2 rings (SSSR count). The monoisotopic (exact) mass is 370 g/mol. The smallest absolute Gasteiger partial charge is 0.409 e. The molecular weight excluding hydrogens is 348 g/mol. The number of benzene rings is 1. The van der Waals surface area contributed by atoms with Crippen LogP contribution in [0.1, 0.15) is 23.2 Å². The highest BCUT2D eigenvalue weighted by atomic mass is 32.2. The summed E-state index contributed by atoms with van der Waals surface area (Å²) >= 11 is 0. The van der Waals surface area contributed by atoms with Crippen LogP contribution in [0.2, 0.25) is 0 Å². The lowest BCUT2D eigenvalue weighted by molar-refractivity contribution is 0.0600. The van der Waals surface area contributed by atoms with Gasteiger partial charge in [0.1, 0.15) is 0 Å². The maximum atomic E-state index is 12.3. The molecule has 0 atom stereocenters. The van der Waals surface area contributed by atoms with E-state index in [1.165, 1.54) is 38.5 Å². The van der Waals surface area contributed by atoms with Gasteiger partial charge in [-0.2, -0.15) is 0 Å². The molecule has 0 saturated carbocycles. The van der Waals surface area contributed by atoms with Crippen LogP contribution in [-0.4, -0.2) is 59.2 Å². The number of carbonyl (C=O) groups is 2. The number of rotatable bonds is 5. The standard InChI is InChI=1S/C16H22N2O6S/c1-23-15(19)13-3-5-14(6-4-13)25(21,22)17-11-12-7-9-18(10-8-12)16(20)24-2/h3-6,12,17H,7-11H2,1-2H3. The van der Waals surface area contributed by atoms with Crippen molar-refractivity contribution in [1.29, 1.82) is 0 Å². The highest BCUT2D eigenvalue weighted by Gasteiger charge is 2.24. The molecule has 8 nitrogen and oxygen atoms in total. The molecule has 0 aromatic heterocycles. The van der Waals surface area contributed by atoms with Gasteiger partial charge in [0.15, 0.2) is 0 Å². The Morgan fingerprint density at radius 2 is 1.72 bits per heavy atom. The van der Waals surface area contributed by atoms with E-state index in [0.29, 0.717) is 32.5 Å². The van der Waals surface area contributed by atoms with Crippen molar-refractivity contribution < 1.29 is 27.5 Å². The Kier molecular flexibility index (Phi) is 6.38. The number of ether oxygens (including phenoxy) is 2. The van der Waals surface area contributed by atoms with Crippen LogP contribution in [0.3, 0.4) is 0 Å². The highest BCUT2D eigenvalue weighted by Crippen LogP contribution is 2.18. The van der Waals surface area contributed by atoms with E-state index in [4.69, 9.17) is 0 Å². The van der Waals surface area contributed by atoms with Crippen molar-refractivity contribution in [2.24, 2.45) is 5.92 Å². The lowest BCUT2D eigenvalue weighted by atomic mass is 9.97. The Labute approximate surface area is 147 Å². The van der Waals surface area contributed by atoms with E-state index in [-0.39, 0.29) is 22.5 Å². The second-order valence-corrected chi connectivity index (χ2v) is 7.54. The lowest BCUT2D eigenvalue weighted by Crippen LogP contribution is -2.41. The van der Waals surface area contributed by atoms with Crippen molar-refractivity contribution in [3.8, 4) is 0 Å². The summed E-state index contributed by atoms with van der Waals surface area (Å²) < 4.78 is 36.5. The molecule has 1 N–H and O–H groups in total. The van der Waals surface area contributed by atoms with Gasteiger partial charge >= 0.3 is 12.1 Å². The Morgan fingerprint density at radius 3 is 2.24 bits per heavy atom. The largest absolute Gasteiger partial charge is 0.465 e. The summed E-state index contributed by atoms with van der Waals surface area (Å²) in [6.45, 7) is 1.40. The third kappa shape index (κ3) is 4.93. The molecule has 0 bridgehead atoms. The predicted octanol–water partition coefficient (Wildman–Crippen LogP) is 1.23. The molecule has 0 spiro atoms. The molecule has 0 aliphatic carbocycles. The third-order valence-corrected chi connectivity index (χ3v) is 5.63. The van der Waals surface area contributed by atoms with Gasteiger partial charge in [0.05, 0.1) is 24.7 Å². The van der Waals surface area contributed by atoms with Gasteiger partial charge in [-0.05, 0) is 43.0 Å². The van der Waals surface area contributed by atoms with Crippen LogP contribution in [0.4, 0.5) is 4.79 Å². The molecule has 1 fully saturated rings. The van der Waals surface area contributed by atoms with Gasteiger partial charge in [-0.15, -0.1) is 0 Å². The first-order valence-corrected chi connectivity index (χ1v) is 9.36. The molecule has 0 unspecified atom stereocenters. The number of esters is 1. The zero-order valence-electron chi connectivity index (χ0n) is 14.2. The zero-order valence-corrected chi connectivity index (χ0v) is 15.0. The topological polar surface area (TPSA) is 102 Å². The van der Waals surface area contributed by atoms with Crippen LogP contribution in [0.25, 0.3) is 0 Å². The van der Waals surface area contributed by atoms with Gasteiger partial charge in [0.25, 0.3) is 0 Å². The quantitative estimate of drug-likeness (QED) is 0.782. The number of nitrogens with zero attached hydrogens (tertiary/aromatic N) is 1. The number of hydrogen-bond donors (Lipinski definition) is 1. The maximum absolute atomic E-state index is 12.3. The van der Waals surface area contributed by atoms with E-state index in [9.17, 15) is 18.0 Å². The van der Waals surface area contributed by atoms with Crippen LogP contribution < -0.4 is 4.72 Å². The van der Waals surface area contributed by atoms with Crippen molar-refractivity contribution >= 4 is 22.1 Å². The summed E-state index contributed by atoms with van der Waals surface area (Å²) in [6.07, 6.45) is 1.06. The summed E-state index contributed by atoms with van der Waals surface area (Å²) in [5.41, 5.74) is 0.289. The summed E-state index contributed by atoms with van der Waals surface area (Å²) in [5, 5.41) is 0. The van der Waals surface area contributed by atoms with Gasteiger partial charge in [0, 0.05) is 19.6 Å². The first-order chi connectivity index (χ1) is 11.9. The van der Waals surface area contributed by atoms with E-state index < -0.39 is 16.0 Å². The second kappa shape index (κ2) is 8.30. The molecule has 9 heteroatoms. The molecule has 1 heterocycles. The molecule has 25 heavy (non-hydrogen) atoms. The number of nitrogens with one attached hydrogen (secondary N) is 1. The Bertz CT molecular complexity index is 709. The summed E-state index contributed by atoms with van der Waals surface area (Å²) in [5.74, 6) is -0.362. The average molecular weight is 370 g/mol. The maximum Gasteiger partial charge on any atom is 0.409 e. The van der Waals surface area contributed by atoms with E-state index in [0.717, 1.165) is 0 Å². The van der Waals surface area contributed by atoms with E-state index in [1.54, 1.807) is 4.90 Å². The molecule has 1 aliphatic rings. The van der Waals surface area contributed by atoms with Gasteiger partial charge in [-0.3, -0.25) is 0 Å². The third-order valence-electron chi connectivity index (χ3n) is 4.20. The van der Waals surface area contributed by atoms with E-state index in [2.05, 4.69) is 14.2 Å². The SMILES string of the molecule is COC(=O)c1ccc(S(=O)(=O)NCC2CCN(C(=O)OC)CC2)cc1. The van der Waals surface area contributed by atoms with Crippen LogP contribution in [-0.2, 0) is 19.5 Å². The second-order valence-electron chi connectivity index (χ2n) is 5.77. The average Bonchev–Trinajstić information content (AvgIpc) is 2.65. The molecule has 1 aliphatic heterocycles. The normalized spacial score (nSPS) is 15.7. The van der Waals surface area contributed by atoms with Gasteiger partial charge < -0.3 is 14.4 Å². The molecular formula is C16H22N2O6S. The van der Waals surface area contributed by atoms with Crippen molar-refractivity contribution in [2.45, 2.75) is 17.7 Å². The molecule has 0 radical (unpaired) electrons. The molecule has 1 saturated heterocycles. The number of amides is 1. The van der Waals surface area contributed by atoms with Gasteiger partial charge in [0.2, 0.25) is 10.0 Å². The highest BCUT2D eigenvalue weighted by molar-refractivity contribution is 7.89. The van der Waals surface area contributed by atoms with Crippen molar-refractivity contribution in [3.05, 3.63) is 29.8 Å². The molecule has 138 valence electrons. The van der Waals surface area contributed by atoms with Crippen molar-refractivity contribution in [1.82, 2.24) is 9.62 Å².